The maximum Gasteiger partial charge on any atom is 0.163 e. The Morgan fingerprint density at radius 2 is 1.16 bits per heavy atom. The minimum absolute atomic E-state index is 0.117. The molecule has 0 saturated heterocycles. The van der Waals surface area contributed by atoms with Crippen LogP contribution in [0, 0.1) is 5.41 Å². The van der Waals surface area contributed by atoms with Gasteiger partial charge in [-0.25, -0.2) is 9.98 Å². The van der Waals surface area contributed by atoms with Crippen LogP contribution in [-0.4, -0.2) is 17.9 Å². The summed E-state index contributed by atoms with van der Waals surface area (Å²) in [6.45, 7) is 0. The molecule has 4 nitrogen and oxygen atoms in total. The average Bonchev–Trinajstić information content (AvgIpc) is 3.84. The van der Waals surface area contributed by atoms with Gasteiger partial charge in [-0.15, -0.1) is 11.3 Å². The Bertz CT molecular complexity index is 3080. The van der Waals surface area contributed by atoms with Crippen molar-refractivity contribution in [3.8, 4) is 33.4 Å². The molecule has 8 aromatic carbocycles. The van der Waals surface area contributed by atoms with Crippen molar-refractivity contribution in [2.45, 2.75) is 0 Å². The van der Waals surface area contributed by atoms with Crippen LogP contribution in [0.2, 0.25) is 0 Å². The van der Waals surface area contributed by atoms with Crippen molar-refractivity contribution in [1.29, 1.82) is 5.41 Å². The molecular weight excluding hydrogens is 703 g/mol. The van der Waals surface area contributed by atoms with Crippen LogP contribution in [0.15, 0.2) is 202 Å². The van der Waals surface area contributed by atoms with Gasteiger partial charge < -0.3 is 4.42 Å². The monoisotopic (exact) mass is 735 g/mol. The van der Waals surface area contributed by atoms with E-state index < -0.39 is 0 Å². The first-order valence-electron chi connectivity index (χ1n) is 18.6. The van der Waals surface area contributed by atoms with Gasteiger partial charge in [-0.1, -0.05) is 133 Å². The first-order chi connectivity index (χ1) is 27.7. The van der Waals surface area contributed by atoms with E-state index in [0.29, 0.717) is 11.4 Å². The largest absolute Gasteiger partial charge is 0.456 e. The van der Waals surface area contributed by atoms with Gasteiger partial charge in [-0.05, 0) is 93.5 Å². The van der Waals surface area contributed by atoms with E-state index >= 15 is 0 Å². The van der Waals surface area contributed by atoms with Gasteiger partial charge in [-0.2, -0.15) is 0 Å². The van der Waals surface area contributed by atoms with Gasteiger partial charge in [0.05, 0.1) is 0 Å². The SMILES string of the molecule is N=C(N=C(N=Cc1cc(-c2ccccc2)cc(-c2ccccc2)c1)c1cccc2c1sc1ccccc12)c1ccc2oc3cccc(-c4ccccc4)c3c2c1. The molecule has 0 atom stereocenters. The number of thiophene rings is 1. The summed E-state index contributed by atoms with van der Waals surface area (Å²) < 4.78 is 8.60. The van der Waals surface area contributed by atoms with Gasteiger partial charge in [-0.3, -0.25) is 5.41 Å². The molecule has 10 rings (SSSR count). The molecule has 0 fully saturated rings. The Balaban J connectivity index is 1.13. The number of nitrogens with zero attached hydrogens (tertiary/aromatic N) is 2. The molecule has 0 unspecified atom stereocenters. The van der Waals surface area contributed by atoms with E-state index in [2.05, 4.69) is 127 Å². The van der Waals surface area contributed by atoms with Crippen LogP contribution in [0.1, 0.15) is 16.7 Å². The number of hydrogen-bond donors (Lipinski definition) is 1. The highest BCUT2D eigenvalue weighted by atomic mass is 32.1. The summed E-state index contributed by atoms with van der Waals surface area (Å²) in [4.78, 5) is 10.2. The van der Waals surface area contributed by atoms with Crippen molar-refractivity contribution in [3.63, 3.8) is 0 Å². The Morgan fingerprint density at radius 3 is 1.89 bits per heavy atom. The van der Waals surface area contributed by atoms with Crippen LogP contribution in [0.3, 0.4) is 0 Å². The van der Waals surface area contributed by atoms with Gasteiger partial charge in [0.15, 0.2) is 11.7 Å². The molecule has 0 aliphatic heterocycles. The van der Waals surface area contributed by atoms with Crippen molar-refractivity contribution < 1.29 is 4.42 Å². The number of nitrogens with one attached hydrogen (secondary N) is 1. The molecule has 5 heteroatoms. The summed E-state index contributed by atoms with van der Waals surface area (Å²) >= 11 is 1.73. The van der Waals surface area contributed by atoms with Crippen molar-refractivity contribution in [1.82, 2.24) is 0 Å². The molecule has 0 bridgehead atoms. The lowest BCUT2D eigenvalue weighted by atomic mass is 9.96. The van der Waals surface area contributed by atoms with Crippen LogP contribution < -0.4 is 0 Å². The third-order valence-corrected chi connectivity index (χ3v) is 11.4. The summed E-state index contributed by atoms with van der Waals surface area (Å²) in [5.41, 5.74) is 10.7. The predicted octanol–water partition coefficient (Wildman–Crippen LogP) is 13.8. The standard InChI is InChI=1S/C51H33N3OS/c52-50(37-26-27-45-44(31-37)48-40(21-13-24-46(48)55-45)36-18-8-3-9-19-36)54-51(43-23-12-22-42-41-20-10-11-25-47(41)56-49(42)43)53-32-33-28-38(34-14-4-1-5-15-34)30-39(29-33)35-16-6-2-7-17-35/h1-32,52H. The predicted molar refractivity (Wildman–Crippen MR) is 237 cm³/mol. The molecule has 10 aromatic rings. The highest BCUT2D eigenvalue weighted by Crippen LogP contribution is 2.38. The minimum atomic E-state index is 0.117. The highest BCUT2D eigenvalue weighted by Gasteiger charge is 2.17. The number of benzene rings is 8. The van der Waals surface area contributed by atoms with Gasteiger partial charge in [0, 0.05) is 48.3 Å². The molecule has 0 radical (unpaired) electrons. The van der Waals surface area contributed by atoms with E-state index in [4.69, 9.17) is 14.4 Å². The molecule has 0 spiro atoms. The second-order valence-corrected chi connectivity index (χ2v) is 14.8. The summed E-state index contributed by atoms with van der Waals surface area (Å²) in [6.07, 6.45) is 1.88. The fourth-order valence-electron chi connectivity index (χ4n) is 7.54. The molecule has 56 heavy (non-hydrogen) atoms. The van der Waals surface area contributed by atoms with Crippen molar-refractivity contribution >= 4 is 71.3 Å². The number of furan rings is 1. The molecule has 264 valence electrons. The molecule has 0 aliphatic rings. The topological polar surface area (TPSA) is 61.7 Å². The summed E-state index contributed by atoms with van der Waals surface area (Å²) in [5.74, 6) is 0.590. The van der Waals surface area contributed by atoms with Gasteiger partial charge in [0.1, 0.15) is 11.2 Å². The number of hydrogen-bond acceptors (Lipinski definition) is 3. The first kappa shape index (κ1) is 33.4. The average molecular weight is 736 g/mol. The number of rotatable bonds is 6. The zero-order chi connectivity index (χ0) is 37.4. The maximum absolute atomic E-state index is 9.47. The minimum Gasteiger partial charge on any atom is -0.456 e. The van der Waals surface area contributed by atoms with Crippen molar-refractivity contribution in [3.05, 3.63) is 205 Å². The molecule has 0 saturated carbocycles. The smallest absolute Gasteiger partial charge is 0.163 e. The van der Waals surface area contributed by atoms with E-state index in [1.54, 1.807) is 11.3 Å². The molecule has 0 aliphatic carbocycles. The van der Waals surface area contributed by atoms with Crippen LogP contribution in [-0.2, 0) is 0 Å². The maximum atomic E-state index is 9.47. The lowest BCUT2D eigenvalue weighted by Gasteiger charge is -2.09. The van der Waals surface area contributed by atoms with E-state index in [1.807, 2.05) is 66.9 Å². The van der Waals surface area contributed by atoms with Crippen molar-refractivity contribution in [2.75, 3.05) is 0 Å². The van der Waals surface area contributed by atoms with E-state index in [-0.39, 0.29) is 5.84 Å². The van der Waals surface area contributed by atoms with Gasteiger partial charge in [0.2, 0.25) is 0 Å². The lowest BCUT2D eigenvalue weighted by molar-refractivity contribution is 0.669. The number of aliphatic imine (C=N–C) groups is 2. The fourth-order valence-corrected chi connectivity index (χ4v) is 8.75. The number of amidine groups is 2. The Labute approximate surface area is 327 Å². The normalized spacial score (nSPS) is 12.0. The van der Waals surface area contributed by atoms with E-state index in [9.17, 15) is 5.41 Å². The second-order valence-electron chi connectivity index (χ2n) is 13.8. The first-order valence-corrected chi connectivity index (χ1v) is 19.4. The second kappa shape index (κ2) is 14.2. The quantitative estimate of drug-likeness (QED) is 0.134. The molecule has 0 amide bonds. The zero-order valence-corrected chi connectivity index (χ0v) is 31.0. The number of fused-ring (bicyclic) bond motifs is 6. The third-order valence-electron chi connectivity index (χ3n) is 10.2. The van der Waals surface area contributed by atoms with E-state index in [1.165, 1.54) is 10.1 Å². The van der Waals surface area contributed by atoms with E-state index in [0.717, 1.165) is 76.5 Å². The summed E-state index contributed by atoms with van der Waals surface area (Å²) in [6, 6.07) is 64.5. The molecule has 2 heterocycles. The van der Waals surface area contributed by atoms with Crippen LogP contribution >= 0.6 is 11.3 Å². The third kappa shape index (κ3) is 6.20. The Morgan fingerprint density at radius 1 is 0.518 bits per heavy atom. The molecular formula is C51H33N3OS. The van der Waals surface area contributed by atoms with Crippen molar-refractivity contribution in [2.24, 2.45) is 9.98 Å². The summed E-state index contributed by atoms with van der Waals surface area (Å²) in [7, 11) is 0. The molecule has 2 aromatic heterocycles. The zero-order valence-electron chi connectivity index (χ0n) is 30.2. The summed E-state index contributed by atoms with van der Waals surface area (Å²) in [5, 5.41) is 13.8. The van der Waals surface area contributed by atoms with Crippen LogP contribution in [0.5, 0.6) is 0 Å². The Kier molecular flexibility index (Phi) is 8.47. The Hall–Kier alpha value is -7.21. The fraction of sp³-hybridized carbons (Fsp3) is 0. The van der Waals surface area contributed by atoms with Gasteiger partial charge >= 0.3 is 0 Å². The highest BCUT2D eigenvalue weighted by molar-refractivity contribution is 7.26. The molecule has 1 N–H and O–H groups in total. The van der Waals surface area contributed by atoms with Crippen LogP contribution in [0.4, 0.5) is 0 Å². The lowest BCUT2D eigenvalue weighted by Crippen LogP contribution is -2.05. The van der Waals surface area contributed by atoms with Gasteiger partial charge in [0.25, 0.3) is 0 Å². The van der Waals surface area contributed by atoms with Crippen LogP contribution in [0.25, 0.3) is 75.5 Å².